The van der Waals surface area contributed by atoms with E-state index >= 15 is 0 Å². The molecule has 0 aliphatic carbocycles. The molecule has 0 amide bonds. The summed E-state index contributed by atoms with van der Waals surface area (Å²) in [5, 5.41) is 28.7. The van der Waals surface area contributed by atoms with Crippen molar-refractivity contribution in [1.82, 2.24) is 20.0 Å². The van der Waals surface area contributed by atoms with Crippen molar-refractivity contribution < 1.29 is 5.11 Å². The average molecular weight is 326 g/mol. The molecule has 24 heavy (non-hydrogen) atoms. The maximum absolute atomic E-state index is 11.0. The molecule has 0 radical (unpaired) electrons. The molecule has 2 aromatic heterocycles. The Balaban J connectivity index is 1.91. The van der Waals surface area contributed by atoms with Crippen LogP contribution in [-0.2, 0) is 5.60 Å². The third-order valence-electron chi connectivity index (χ3n) is 4.50. The molecular weight excluding hydrogens is 304 g/mol. The number of nitrogens with zero attached hydrogens (tertiary/aromatic N) is 6. The molecule has 0 aromatic carbocycles. The first kappa shape index (κ1) is 16.4. The molecule has 1 saturated heterocycles. The highest BCUT2D eigenvalue weighted by atomic mass is 16.3. The summed E-state index contributed by atoms with van der Waals surface area (Å²) in [6.07, 6.45) is 2.33. The number of aliphatic hydroxyl groups is 1. The number of pyridine rings is 1. The number of β-amino-alcohol motifs (C(OH)–C–C–N with tert-alkyl or cyclic N) is 1. The lowest BCUT2D eigenvalue weighted by Crippen LogP contribution is -2.32. The van der Waals surface area contributed by atoms with Crippen LogP contribution in [0.5, 0.6) is 0 Å². The second-order valence-corrected chi connectivity index (χ2v) is 6.77. The highest BCUT2D eigenvalue weighted by molar-refractivity contribution is 5.59. The maximum atomic E-state index is 11.0. The number of rotatable bonds is 3. The van der Waals surface area contributed by atoms with Crippen LogP contribution in [0.15, 0.2) is 12.3 Å². The second kappa shape index (κ2) is 5.87. The van der Waals surface area contributed by atoms with Gasteiger partial charge < -0.3 is 10.0 Å². The summed E-state index contributed by atoms with van der Waals surface area (Å²) >= 11 is 0. The van der Waals surface area contributed by atoms with Crippen molar-refractivity contribution in [3.05, 3.63) is 34.8 Å². The third kappa shape index (κ3) is 2.74. The summed E-state index contributed by atoms with van der Waals surface area (Å²) in [7, 11) is 0. The van der Waals surface area contributed by atoms with Crippen molar-refractivity contribution in [3.8, 4) is 6.07 Å². The number of aromatic nitrogens is 4. The van der Waals surface area contributed by atoms with Crippen LogP contribution in [0, 0.1) is 25.2 Å². The largest absolute Gasteiger partial charge is 0.381 e. The fourth-order valence-corrected chi connectivity index (χ4v) is 3.11. The Bertz CT molecular complexity index is 806. The Labute approximate surface area is 141 Å². The lowest BCUT2D eigenvalue weighted by molar-refractivity contribution is 0.0559. The maximum Gasteiger partial charge on any atom is 0.147 e. The van der Waals surface area contributed by atoms with Crippen LogP contribution in [0.2, 0.25) is 0 Å². The van der Waals surface area contributed by atoms with E-state index in [1.54, 1.807) is 10.9 Å². The zero-order chi connectivity index (χ0) is 17.5. The molecule has 3 heterocycles. The summed E-state index contributed by atoms with van der Waals surface area (Å²) in [5.41, 5.74) is 1.83. The van der Waals surface area contributed by atoms with Crippen LogP contribution in [0.3, 0.4) is 0 Å². The van der Waals surface area contributed by atoms with Gasteiger partial charge in [0.25, 0.3) is 0 Å². The minimum Gasteiger partial charge on any atom is -0.381 e. The molecule has 1 aliphatic rings. The lowest BCUT2D eigenvalue weighted by atomic mass is 10.00. The standard InChI is InChI=1S/C17H22N6O/c1-11(2)23-9-15(20-21-23)17(24)5-6-22(10-17)16-14(8-18)12(3)7-13(4)19-16/h7,9,11,24H,5-6,10H2,1-4H3/t17-/m1/s1. The first-order valence-corrected chi connectivity index (χ1v) is 8.12. The van der Waals surface area contributed by atoms with Crippen LogP contribution < -0.4 is 4.90 Å². The normalized spacial score (nSPS) is 20.6. The third-order valence-corrected chi connectivity index (χ3v) is 4.50. The summed E-state index contributed by atoms with van der Waals surface area (Å²) in [6, 6.07) is 4.33. The van der Waals surface area contributed by atoms with Crippen molar-refractivity contribution in [2.24, 2.45) is 0 Å². The number of anilines is 1. The molecule has 0 bridgehead atoms. The van der Waals surface area contributed by atoms with Gasteiger partial charge in [-0.05, 0) is 39.3 Å². The van der Waals surface area contributed by atoms with Crippen molar-refractivity contribution in [3.63, 3.8) is 0 Å². The van der Waals surface area contributed by atoms with E-state index in [1.807, 2.05) is 38.7 Å². The molecule has 3 rings (SSSR count). The van der Waals surface area contributed by atoms with Crippen LogP contribution in [0.25, 0.3) is 0 Å². The summed E-state index contributed by atoms with van der Waals surface area (Å²) in [5.74, 6) is 0.641. The minimum absolute atomic E-state index is 0.193. The quantitative estimate of drug-likeness (QED) is 0.925. The first-order chi connectivity index (χ1) is 11.3. The zero-order valence-electron chi connectivity index (χ0n) is 14.5. The van der Waals surface area contributed by atoms with Crippen LogP contribution in [0.1, 0.15) is 48.8 Å². The van der Waals surface area contributed by atoms with Gasteiger partial charge in [-0.1, -0.05) is 5.21 Å². The Morgan fingerprint density at radius 1 is 1.38 bits per heavy atom. The molecule has 2 aromatic rings. The fourth-order valence-electron chi connectivity index (χ4n) is 3.11. The van der Waals surface area contributed by atoms with Crippen LogP contribution in [0.4, 0.5) is 5.82 Å². The molecule has 0 saturated carbocycles. The van der Waals surface area contributed by atoms with Crippen molar-refractivity contribution in [2.75, 3.05) is 18.0 Å². The smallest absolute Gasteiger partial charge is 0.147 e. The van der Waals surface area contributed by atoms with Gasteiger partial charge in [-0.2, -0.15) is 5.26 Å². The molecular formula is C17H22N6O. The van der Waals surface area contributed by atoms with Gasteiger partial charge in [0.05, 0.1) is 18.3 Å². The van der Waals surface area contributed by atoms with Crippen molar-refractivity contribution >= 4 is 5.82 Å². The van der Waals surface area contributed by atoms with E-state index in [2.05, 4.69) is 21.4 Å². The number of hydrogen-bond donors (Lipinski definition) is 1. The number of aryl methyl sites for hydroxylation is 2. The van der Waals surface area contributed by atoms with Crippen molar-refractivity contribution in [1.29, 1.82) is 5.26 Å². The molecule has 1 aliphatic heterocycles. The van der Waals surface area contributed by atoms with E-state index in [1.165, 1.54) is 0 Å². The monoisotopic (exact) mass is 326 g/mol. The predicted octanol–water partition coefficient (Wildman–Crippen LogP) is 1.84. The lowest BCUT2D eigenvalue weighted by Gasteiger charge is -2.23. The van der Waals surface area contributed by atoms with E-state index in [4.69, 9.17) is 0 Å². The van der Waals surface area contributed by atoms with E-state index in [9.17, 15) is 10.4 Å². The first-order valence-electron chi connectivity index (χ1n) is 8.12. The molecule has 126 valence electrons. The Morgan fingerprint density at radius 2 is 2.12 bits per heavy atom. The zero-order valence-corrected chi connectivity index (χ0v) is 14.5. The van der Waals surface area contributed by atoms with Gasteiger partial charge in [-0.15, -0.1) is 5.10 Å². The summed E-state index contributed by atoms with van der Waals surface area (Å²) in [4.78, 5) is 6.50. The van der Waals surface area contributed by atoms with E-state index in [0.717, 1.165) is 11.3 Å². The molecule has 1 N–H and O–H groups in total. The molecule has 7 heteroatoms. The average Bonchev–Trinajstić information content (AvgIpc) is 3.14. The van der Waals surface area contributed by atoms with Crippen LogP contribution >= 0.6 is 0 Å². The van der Waals surface area contributed by atoms with E-state index in [-0.39, 0.29) is 6.04 Å². The van der Waals surface area contributed by atoms with Gasteiger partial charge >= 0.3 is 0 Å². The van der Waals surface area contributed by atoms with Gasteiger partial charge in [0.15, 0.2) is 0 Å². The minimum atomic E-state index is -1.07. The van der Waals surface area contributed by atoms with E-state index < -0.39 is 5.60 Å². The summed E-state index contributed by atoms with van der Waals surface area (Å²) in [6.45, 7) is 8.83. The number of nitriles is 1. The van der Waals surface area contributed by atoms with Gasteiger partial charge in [0.1, 0.15) is 23.2 Å². The highest BCUT2D eigenvalue weighted by Gasteiger charge is 2.41. The predicted molar refractivity (Wildman–Crippen MR) is 89.6 cm³/mol. The van der Waals surface area contributed by atoms with E-state index in [0.29, 0.717) is 36.6 Å². The van der Waals surface area contributed by atoms with Gasteiger partial charge in [0.2, 0.25) is 0 Å². The summed E-state index contributed by atoms with van der Waals surface area (Å²) < 4.78 is 1.74. The van der Waals surface area contributed by atoms with Crippen LogP contribution in [-0.4, -0.2) is 38.2 Å². The molecule has 0 unspecified atom stereocenters. The molecule has 0 spiro atoms. The SMILES string of the molecule is Cc1cc(C)c(C#N)c(N2CC[C@](O)(c3cn(C(C)C)nn3)C2)n1. The Kier molecular flexibility index (Phi) is 4.01. The fraction of sp³-hybridized carbons (Fsp3) is 0.529. The van der Waals surface area contributed by atoms with Crippen molar-refractivity contribution in [2.45, 2.75) is 45.8 Å². The Morgan fingerprint density at radius 3 is 2.75 bits per heavy atom. The second-order valence-electron chi connectivity index (χ2n) is 6.77. The van der Waals surface area contributed by atoms with Gasteiger partial charge in [-0.3, -0.25) is 0 Å². The highest BCUT2D eigenvalue weighted by Crippen LogP contribution is 2.35. The topological polar surface area (TPSA) is 90.9 Å². The number of hydrogen-bond acceptors (Lipinski definition) is 6. The van der Waals surface area contributed by atoms with Gasteiger partial charge in [0, 0.05) is 24.7 Å². The Hall–Kier alpha value is -2.46. The molecule has 7 nitrogen and oxygen atoms in total. The molecule has 1 atom stereocenters. The molecule has 1 fully saturated rings. The van der Waals surface area contributed by atoms with Gasteiger partial charge in [-0.25, -0.2) is 9.67 Å².